The average Bonchev–Trinajstić information content (AvgIpc) is 2.41. The summed E-state index contributed by atoms with van der Waals surface area (Å²) in [5.41, 5.74) is 1.17. The zero-order valence-corrected chi connectivity index (χ0v) is 10.9. The van der Waals surface area contributed by atoms with E-state index in [-0.39, 0.29) is 17.3 Å². The standard InChI is InChI=1S/C14H17N3O2/c1-9-2-3-12-11(8-9)13(18)17(14(19)16-12)10-4-6-15-7-5-10/h2-3,8,10,15H,4-7H2,1H3,(H,16,19). The van der Waals surface area contributed by atoms with Crippen LogP contribution in [0, 0.1) is 6.92 Å². The minimum atomic E-state index is -0.298. The second-order valence-electron chi connectivity index (χ2n) is 5.14. The molecule has 1 aliphatic heterocycles. The highest BCUT2D eigenvalue weighted by Gasteiger charge is 2.19. The van der Waals surface area contributed by atoms with Crippen LogP contribution in [0.4, 0.5) is 0 Å². The number of hydrogen-bond donors (Lipinski definition) is 2. The van der Waals surface area contributed by atoms with E-state index in [0.29, 0.717) is 10.9 Å². The highest BCUT2D eigenvalue weighted by atomic mass is 16.2. The van der Waals surface area contributed by atoms with Crippen LogP contribution in [0.2, 0.25) is 0 Å². The number of H-pyrrole nitrogens is 1. The largest absolute Gasteiger partial charge is 0.329 e. The number of hydrogen-bond acceptors (Lipinski definition) is 3. The van der Waals surface area contributed by atoms with Crippen molar-refractivity contribution in [3.8, 4) is 0 Å². The molecule has 5 heteroatoms. The summed E-state index contributed by atoms with van der Waals surface area (Å²) in [6.45, 7) is 3.64. The van der Waals surface area contributed by atoms with Gasteiger partial charge in [-0.3, -0.25) is 9.36 Å². The van der Waals surface area contributed by atoms with Crippen LogP contribution in [0.15, 0.2) is 27.8 Å². The van der Waals surface area contributed by atoms with Gasteiger partial charge in [-0.1, -0.05) is 11.6 Å². The van der Waals surface area contributed by atoms with Gasteiger partial charge in [0.25, 0.3) is 5.56 Å². The lowest BCUT2D eigenvalue weighted by molar-refractivity contribution is 0.352. The molecule has 1 aromatic heterocycles. The zero-order chi connectivity index (χ0) is 13.4. The van der Waals surface area contributed by atoms with Crippen molar-refractivity contribution in [3.63, 3.8) is 0 Å². The van der Waals surface area contributed by atoms with Gasteiger partial charge in [-0.05, 0) is 45.0 Å². The van der Waals surface area contributed by atoms with E-state index in [4.69, 9.17) is 0 Å². The Bertz CT molecular complexity index is 724. The molecule has 0 spiro atoms. The van der Waals surface area contributed by atoms with Crippen LogP contribution in [0.1, 0.15) is 24.4 Å². The summed E-state index contributed by atoms with van der Waals surface area (Å²) in [5, 5.41) is 3.84. The van der Waals surface area contributed by atoms with Crippen molar-refractivity contribution in [2.75, 3.05) is 13.1 Å². The van der Waals surface area contributed by atoms with E-state index in [9.17, 15) is 9.59 Å². The Kier molecular flexibility index (Phi) is 2.98. The molecule has 2 heterocycles. The topological polar surface area (TPSA) is 66.9 Å². The quantitative estimate of drug-likeness (QED) is 0.800. The predicted molar refractivity (Wildman–Crippen MR) is 74.7 cm³/mol. The van der Waals surface area contributed by atoms with Gasteiger partial charge in [-0.15, -0.1) is 0 Å². The van der Waals surface area contributed by atoms with Crippen molar-refractivity contribution in [2.45, 2.75) is 25.8 Å². The average molecular weight is 259 g/mol. The predicted octanol–water partition coefficient (Wildman–Crippen LogP) is 0.923. The number of aryl methyl sites for hydroxylation is 1. The van der Waals surface area contributed by atoms with Crippen LogP contribution in [0.3, 0.4) is 0 Å². The molecule has 1 aromatic carbocycles. The molecule has 1 saturated heterocycles. The molecule has 0 unspecified atom stereocenters. The molecule has 3 rings (SSSR count). The molecule has 100 valence electrons. The van der Waals surface area contributed by atoms with Crippen molar-refractivity contribution in [3.05, 3.63) is 44.6 Å². The Morgan fingerprint density at radius 3 is 2.68 bits per heavy atom. The fraction of sp³-hybridized carbons (Fsp3) is 0.429. The van der Waals surface area contributed by atoms with Gasteiger partial charge in [0.1, 0.15) is 0 Å². The van der Waals surface area contributed by atoms with Crippen LogP contribution >= 0.6 is 0 Å². The Hall–Kier alpha value is -1.88. The van der Waals surface area contributed by atoms with Gasteiger partial charge < -0.3 is 10.3 Å². The third kappa shape index (κ3) is 2.10. The monoisotopic (exact) mass is 259 g/mol. The van der Waals surface area contributed by atoms with Gasteiger partial charge in [0.05, 0.1) is 10.9 Å². The Morgan fingerprint density at radius 1 is 1.21 bits per heavy atom. The normalized spacial score (nSPS) is 16.9. The number of rotatable bonds is 1. The van der Waals surface area contributed by atoms with Crippen LogP contribution < -0.4 is 16.6 Å². The summed E-state index contributed by atoms with van der Waals surface area (Å²) in [5.74, 6) is 0. The highest BCUT2D eigenvalue weighted by molar-refractivity contribution is 5.77. The molecule has 1 fully saturated rings. The van der Waals surface area contributed by atoms with Gasteiger partial charge in [0.15, 0.2) is 0 Å². The number of benzene rings is 1. The van der Waals surface area contributed by atoms with E-state index < -0.39 is 0 Å². The van der Waals surface area contributed by atoms with E-state index in [0.717, 1.165) is 31.5 Å². The van der Waals surface area contributed by atoms with Gasteiger partial charge >= 0.3 is 5.69 Å². The summed E-state index contributed by atoms with van der Waals surface area (Å²) in [7, 11) is 0. The first-order valence-electron chi connectivity index (χ1n) is 6.63. The number of fused-ring (bicyclic) bond motifs is 1. The van der Waals surface area contributed by atoms with E-state index in [1.54, 1.807) is 6.07 Å². The molecule has 5 nitrogen and oxygen atoms in total. The first kappa shape index (κ1) is 12.2. The van der Waals surface area contributed by atoms with E-state index in [2.05, 4.69) is 10.3 Å². The Labute approximate surface area is 110 Å². The van der Waals surface area contributed by atoms with E-state index >= 15 is 0 Å². The van der Waals surface area contributed by atoms with Crippen LogP contribution in [-0.4, -0.2) is 22.6 Å². The fourth-order valence-electron chi connectivity index (χ4n) is 2.74. The molecule has 1 aliphatic rings. The molecule has 2 aromatic rings. The van der Waals surface area contributed by atoms with Gasteiger partial charge in [-0.2, -0.15) is 0 Å². The van der Waals surface area contributed by atoms with Crippen molar-refractivity contribution in [1.82, 2.24) is 14.9 Å². The summed E-state index contributed by atoms with van der Waals surface area (Å²) < 4.78 is 1.39. The highest BCUT2D eigenvalue weighted by Crippen LogP contribution is 2.16. The van der Waals surface area contributed by atoms with E-state index in [1.807, 2.05) is 19.1 Å². The maximum Gasteiger partial charge on any atom is 0.329 e. The van der Waals surface area contributed by atoms with Gasteiger partial charge in [0, 0.05) is 6.04 Å². The molecule has 0 atom stereocenters. The van der Waals surface area contributed by atoms with Crippen LogP contribution in [0.25, 0.3) is 10.9 Å². The first-order chi connectivity index (χ1) is 9.16. The third-order valence-corrected chi connectivity index (χ3v) is 3.76. The Morgan fingerprint density at radius 2 is 1.95 bits per heavy atom. The lowest BCUT2D eigenvalue weighted by Crippen LogP contribution is -2.42. The number of piperidine rings is 1. The summed E-state index contributed by atoms with van der Waals surface area (Å²) in [6.07, 6.45) is 1.64. The molecule has 0 bridgehead atoms. The smallest absolute Gasteiger partial charge is 0.317 e. The number of aromatic amines is 1. The number of nitrogens with one attached hydrogen (secondary N) is 2. The van der Waals surface area contributed by atoms with Gasteiger partial charge in [-0.25, -0.2) is 4.79 Å². The summed E-state index contributed by atoms with van der Waals surface area (Å²) in [4.78, 5) is 27.5. The van der Waals surface area contributed by atoms with Crippen LogP contribution in [0.5, 0.6) is 0 Å². The molecule has 0 aliphatic carbocycles. The molecular formula is C14H17N3O2. The van der Waals surface area contributed by atoms with Crippen molar-refractivity contribution in [2.24, 2.45) is 0 Å². The lowest BCUT2D eigenvalue weighted by Gasteiger charge is -2.24. The Balaban J connectivity index is 2.24. The first-order valence-corrected chi connectivity index (χ1v) is 6.63. The molecule has 0 amide bonds. The van der Waals surface area contributed by atoms with Crippen molar-refractivity contribution in [1.29, 1.82) is 0 Å². The molecule has 0 saturated carbocycles. The summed E-state index contributed by atoms with van der Waals surface area (Å²) in [6, 6.07) is 5.53. The second kappa shape index (κ2) is 4.66. The maximum atomic E-state index is 12.5. The second-order valence-corrected chi connectivity index (χ2v) is 5.14. The minimum absolute atomic E-state index is 0.00223. The van der Waals surface area contributed by atoms with E-state index in [1.165, 1.54) is 4.57 Å². The SMILES string of the molecule is Cc1ccc2[nH]c(=O)n(C3CCNCC3)c(=O)c2c1. The van der Waals surface area contributed by atoms with Crippen molar-refractivity contribution < 1.29 is 0 Å². The fourth-order valence-corrected chi connectivity index (χ4v) is 2.74. The minimum Gasteiger partial charge on any atom is -0.317 e. The molecular weight excluding hydrogens is 242 g/mol. The maximum absolute atomic E-state index is 12.5. The van der Waals surface area contributed by atoms with Crippen LogP contribution in [-0.2, 0) is 0 Å². The third-order valence-electron chi connectivity index (χ3n) is 3.76. The molecule has 0 radical (unpaired) electrons. The van der Waals surface area contributed by atoms with Gasteiger partial charge in [0.2, 0.25) is 0 Å². The molecule has 19 heavy (non-hydrogen) atoms. The molecule has 2 N–H and O–H groups in total. The number of aromatic nitrogens is 2. The lowest BCUT2D eigenvalue weighted by atomic mass is 10.1. The van der Waals surface area contributed by atoms with Crippen molar-refractivity contribution >= 4 is 10.9 Å². The number of nitrogens with zero attached hydrogens (tertiary/aromatic N) is 1. The summed E-state index contributed by atoms with van der Waals surface area (Å²) >= 11 is 0. The zero-order valence-electron chi connectivity index (χ0n) is 10.9.